The Bertz CT molecular complexity index is 1460. The number of hydrogen-bond acceptors (Lipinski definition) is 6. The fourth-order valence-electron chi connectivity index (χ4n) is 3.86. The van der Waals surface area contributed by atoms with Crippen molar-refractivity contribution in [1.82, 2.24) is 9.97 Å². The number of nitrogens with one attached hydrogen (secondary N) is 2. The van der Waals surface area contributed by atoms with E-state index in [4.69, 9.17) is 32.9 Å². The Kier molecular flexibility index (Phi) is 6.99. The van der Waals surface area contributed by atoms with Crippen molar-refractivity contribution in [1.29, 1.82) is 0 Å². The summed E-state index contributed by atoms with van der Waals surface area (Å²) in [5, 5.41) is 6.14. The molecule has 8 nitrogen and oxygen atoms in total. The molecule has 1 saturated heterocycles. The molecule has 2 N–H and O–H groups in total. The molecular weight excluding hydrogens is 501 g/mol. The molecule has 2 amide bonds. The normalized spacial score (nSPS) is 13.4. The number of carbonyl (C=O) groups excluding carboxylic acids is 2. The van der Waals surface area contributed by atoms with Crippen LogP contribution in [0.3, 0.4) is 0 Å². The number of ketones is 1. The summed E-state index contributed by atoms with van der Waals surface area (Å²) in [4.78, 5) is 37.0. The van der Waals surface area contributed by atoms with Gasteiger partial charge in [-0.2, -0.15) is 0 Å². The molecule has 0 unspecified atom stereocenters. The fraction of sp³-hybridized carbons (Fsp3) is 0.154. The van der Waals surface area contributed by atoms with Crippen LogP contribution in [0.4, 0.5) is 22.0 Å². The number of halogens is 2. The molecule has 182 valence electrons. The number of aromatic nitrogens is 2. The molecule has 1 fully saturated rings. The SMILES string of the molecule is O=C(Nc1cccc(C(=O)c2ccc3ncc(N4CCOCC4)nc3c2)c1)Nc1ccc(Cl)c(Cl)c1. The average molecular weight is 522 g/mol. The minimum Gasteiger partial charge on any atom is -0.378 e. The molecule has 0 atom stereocenters. The second kappa shape index (κ2) is 10.5. The van der Waals surface area contributed by atoms with Crippen LogP contribution >= 0.6 is 23.2 Å². The number of hydrogen-bond donors (Lipinski definition) is 2. The Morgan fingerprint density at radius 1 is 0.833 bits per heavy atom. The monoisotopic (exact) mass is 521 g/mol. The summed E-state index contributed by atoms with van der Waals surface area (Å²) in [7, 11) is 0. The standard InChI is InChI=1S/C26H21Cl2N5O3/c27-20-6-5-19(14-21(20)28)31-26(35)30-18-3-1-2-16(12-18)25(34)17-4-7-22-23(13-17)32-24(15-29-22)33-8-10-36-11-9-33/h1-7,12-15H,8-11H2,(H2,30,31,35). The maximum absolute atomic E-state index is 13.2. The zero-order valence-electron chi connectivity index (χ0n) is 19.0. The van der Waals surface area contributed by atoms with Gasteiger partial charge in [0.1, 0.15) is 5.82 Å². The summed E-state index contributed by atoms with van der Waals surface area (Å²) >= 11 is 11.9. The van der Waals surface area contributed by atoms with Crippen molar-refractivity contribution >= 4 is 63.2 Å². The van der Waals surface area contributed by atoms with E-state index in [0.717, 1.165) is 18.9 Å². The van der Waals surface area contributed by atoms with Crippen LogP contribution in [-0.4, -0.2) is 48.1 Å². The second-order valence-electron chi connectivity index (χ2n) is 8.15. The van der Waals surface area contributed by atoms with E-state index in [1.165, 1.54) is 0 Å². The van der Waals surface area contributed by atoms with Crippen molar-refractivity contribution in [2.75, 3.05) is 41.8 Å². The smallest absolute Gasteiger partial charge is 0.323 e. The van der Waals surface area contributed by atoms with Crippen LogP contribution in [0.1, 0.15) is 15.9 Å². The van der Waals surface area contributed by atoms with E-state index >= 15 is 0 Å². The van der Waals surface area contributed by atoms with Gasteiger partial charge < -0.3 is 20.3 Å². The van der Waals surface area contributed by atoms with Crippen LogP contribution in [0.5, 0.6) is 0 Å². The largest absolute Gasteiger partial charge is 0.378 e. The molecule has 0 spiro atoms. The van der Waals surface area contributed by atoms with Gasteiger partial charge in [0.05, 0.1) is 40.5 Å². The lowest BCUT2D eigenvalue weighted by Gasteiger charge is -2.27. The first-order valence-corrected chi connectivity index (χ1v) is 12.0. The highest BCUT2D eigenvalue weighted by Crippen LogP contribution is 2.25. The summed E-state index contributed by atoms with van der Waals surface area (Å²) in [5.74, 6) is 0.568. The summed E-state index contributed by atoms with van der Waals surface area (Å²) < 4.78 is 5.41. The van der Waals surface area contributed by atoms with E-state index in [2.05, 4.69) is 20.5 Å². The molecule has 10 heteroatoms. The van der Waals surface area contributed by atoms with Crippen LogP contribution in [0.25, 0.3) is 11.0 Å². The molecule has 1 aliphatic heterocycles. The number of carbonyl (C=O) groups is 2. The Morgan fingerprint density at radius 2 is 1.58 bits per heavy atom. The molecule has 1 aromatic heterocycles. The number of morpholine rings is 1. The van der Waals surface area contributed by atoms with E-state index in [1.807, 2.05) is 0 Å². The third-order valence-electron chi connectivity index (χ3n) is 5.69. The third kappa shape index (κ3) is 5.41. The predicted octanol–water partition coefficient (Wildman–Crippen LogP) is 5.65. The van der Waals surface area contributed by atoms with Crippen LogP contribution in [0, 0.1) is 0 Å². The molecule has 36 heavy (non-hydrogen) atoms. The van der Waals surface area contributed by atoms with Gasteiger partial charge in [0.2, 0.25) is 0 Å². The van der Waals surface area contributed by atoms with Gasteiger partial charge in [-0.1, -0.05) is 35.3 Å². The van der Waals surface area contributed by atoms with Gasteiger partial charge in [-0.15, -0.1) is 0 Å². The maximum Gasteiger partial charge on any atom is 0.323 e. The van der Waals surface area contributed by atoms with Crippen molar-refractivity contribution in [2.24, 2.45) is 0 Å². The van der Waals surface area contributed by atoms with Gasteiger partial charge in [-0.3, -0.25) is 9.78 Å². The van der Waals surface area contributed by atoms with Gasteiger partial charge >= 0.3 is 6.03 Å². The number of rotatable bonds is 5. The Hall–Kier alpha value is -3.72. The molecule has 0 saturated carbocycles. The van der Waals surface area contributed by atoms with E-state index in [1.54, 1.807) is 66.9 Å². The van der Waals surface area contributed by atoms with Crippen LogP contribution in [-0.2, 0) is 4.74 Å². The lowest BCUT2D eigenvalue weighted by atomic mass is 10.0. The molecule has 0 aliphatic carbocycles. The van der Waals surface area contributed by atoms with E-state index < -0.39 is 6.03 Å². The van der Waals surface area contributed by atoms with Gasteiger partial charge in [-0.05, 0) is 48.5 Å². The van der Waals surface area contributed by atoms with Gasteiger partial charge in [0, 0.05) is 35.6 Å². The predicted molar refractivity (Wildman–Crippen MR) is 142 cm³/mol. The molecule has 1 aliphatic rings. The van der Waals surface area contributed by atoms with Crippen LogP contribution in [0.2, 0.25) is 10.0 Å². The number of ether oxygens (including phenoxy) is 1. The van der Waals surface area contributed by atoms with Crippen LogP contribution in [0.15, 0.2) is 66.9 Å². The summed E-state index contributed by atoms with van der Waals surface area (Å²) in [5.41, 5.74) is 3.21. The Balaban J connectivity index is 1.32. The van der Waals surface area contributed by atoms with Crippen molar-refractivity contribution < 1.29 is 14.3 Å². The topological polar surface area (TPSA) is 96.5 Å². The van der Waals surface area contributed by atoms with Gasteiger partial charge in [0.25, 0.3) is 0 Å². The highest BCUT2D eigenvalue weighted by molar-refractivity contribution is 6.42. The highest BCUT2D eigenvalue weighted by Gasteiger charge is 2.16. The van der Waals surface area contributed by atoms with Crippen molar-refractivity contribution in [3.8, 4) is 0 Å². The molecule has 3 aromatic carbocycles. The molecular formula is C26H21Cl2N5O3. The lowest BCUT2D eigenvalue weighted by molar-refractivity contribution is 0.103. The number of urea groups is 1. The minimum absolute atomic E-state index is 0.191. The van der Waals surface area contributed by atoms with E-state index in [9.17, 15) is 9.59 Å². The lowest BCUT2D eigenvalue weighted by Crippen LogP contribution is -2.36. The van der Waals surface area contributed by atoms with Gasteiger partial charge in [-0.25, -0.2) is 9.78 Å². The van der Waals surface area contributed by atoms with E-state index in [0.29, 0.717) is 56.8 Å². The summed E-state index contributed by atoms with van der Waals surface area (Å²) in [6.45, 7) is 2.79. The van der Waals surface area contributed by atoms with Crippen molar-refractivity contribution in [3.63, 3.8) is 0 Å². The molecule has 4 aromatic rings. The number of nitrogens with zero attached hydrogens (tertiary/aromatic N) is 3. The Labute approximate surface area is 217 Å². The zero-order chi connectivity index (χ0) is 25.1. The second-order valence-corrected chi connectivity index (χ2v) is 8.96. The van der Waals surface area contributed by atoms with Gasteiger partial charge in [0.15, 0.2) is 5.78 Å². The maximum atomic E-state index is 13.2. The molecule has 2 heterocycles. The van der Waals surface area contributed by atoms with Crippen LogP contribution < -0.4 is 15.5 Å². The summed E-state index contributed by atoms with van der Waals surface area (Å²) in [6, 6.07) is 16.3. The first-order valence-electron chi connectivity index (χ1n) is 11.2. The molecule has 5 rings (SSSR count). The van der Waals surface area contributed by atoms with Crippen molar-refractivity contribution in [2.45, 2.75) is 0 Å². The minimum atomic E-state index is -0.477. The number of benzene rings is 3. The average Bonchev–Trinajstić information content (AvgIpc) is 2.90. The first-order chi connectivity index (χ1) is 17.5. The number of amides is 2. The Morgan fingerprint density at radius 3 is 2.36 bits per heavy atom. The zero-order valence-corrected chi connectivity index (χ0v) is 20.5. The summed E-state index contributed by atoms with van der Waals surface area (Å²) in [6.07, 6.45) is 1.74. The third-order valence-corrected chi connectivity index (χ3v) is 6.43. The molecule has 0 radical (unpaired) electrons. The van der Waals surface area contributed by atoms with E-state index in [-0.39, 0.29) is 5.78 Å². The number of fused-ring (bicyclic) bond motifs is 1. The highest BCUT2D eigenvalue weighted by atomic mass is 35.5. The van der Waals surface area contributed by atoms with Crippen molar-refractivity contribution in [3.05, 3.63) is 88.0 Å². The number of anilines is 3. The fourth-order valence-corrected chi connectivity index (χ4v) is 4.16. The molecule has 0 bridgehead atoms. The first kappa shape index (κ1) is 24.0. The quantitative estimate of drug-likeness (QED) is 0.329.